The molecule has 0 radical (unpaired) electrons. The maximum absolute atomic E-state index is 3.71. The minimum Gasteiger partial charge on any atom is -0.313 e. The number of nitrogens with one attached hydrogen (secondary N) is 1. The van der Waals surface area contributed by atoms with E-state index in [9.17, 15) is 0 Å². The summed E-state index contributed by atoms with van der Waals surface area (Å²) in [5.74, 6) is 0.981. The number of likely N-dealkylation sites (N-methyl/N-ethyl adjacent to an activating group) is 1. The van der Waals surface area contributed by atoms with Gasteiger partial charge in [0.1, 0.15) is 0 Å². The Kier molecular flexibility index (Phi) is 4.78. The van der Waals surface area contributed by atoms with Gasteiger partial charge in [0.05, 0.1) is 0 Å². The molecule has 0 aromatic rings. The Hall–Kier alpha value is -0.120. The zero-order valence-electron chi connectivity index (χ0n) is 12.6. The van der Waals surface area contributed by atoms with Gasteiger partial charge in [-0.05, 0) is 64.2 Å². The van der Waals surface area contributed by atoms with Crippen LogP contribution in [0, 0.1) is 5.92 Å². The molecule has 1 aliphatic carbocycles. The Morgan fingerprint density at radius 2 is 1.84 bits per heavy atom. The molecule has 3 rings (SSSR count). The van der Waals surface area contributed by atoms with Crippen LogP contribution >= 0.6 is 0 Å². The van der Waals surface area contributed by atoms with Crippen LogP contribution in [0.2, 0.25) is 0 Å². The van der Waals surface area contributed by atoms with E-state index in [4.69, 9.17) is 0 Å². The highest BCUT2D eigenvalue weighted by atomic mass is 15.3. The summed E-state index contributed by atoms with van der Waals surface area (Å²) in [6.07, 6.45) is 8.64. The fraction of sp³-hybridized carbons (Fsp3) is 1.00. The molecule has 0 aromatic heterocycles. The van der Waals surface area contributed by atoms with Gasteiger partial charge in [-0.3, -0.25) is 4.90 Å². The highest BCUT2D eigenvalue weighted by molar-refractivity contribution is 4.92. The van der Waals surface area contributed by atoms with Crippen molar-refractivity contribution in [1.29, 1.82) is 0 Å². The van der Waals surface area contributed by atoms with E-state index < -0.39 is 0 Å². The van der Waals surface area contributed by atoms with Crippen LogP contribution in [-0.4, -0.2) is 61.2 Å². The monoisotopic (exact) mass is 265 g/mol. The zero-order chi connectivity index (χ0) is 13.1. The summed E-state index contributed by atoms with van der Waals surface area (Å²) in [6, 6.07) is 1.63. The summed E-state index contributed by atoms with van der Waals surface area (Å²) in [6.45, 7) is 10.0. The van der Waals surface area contributed by atoms with E-state index >= 15 is 0 Å². The molecule has 0 aromatic carbocycles. The lowest BCUT2D eigenvalue weighted by Crippen LogP contribution is -2.44. The molecule has 3 heteroatoms. The standard InChI is InChI=1S/C16H31N3/c1-2-17-16(14-6-7-14)13-18-11-8-15(12-18)19-9-4-3-5-10-19/h14-17H,2-13H2,1H3. The molecule has 0 bridgehead atoms. The van der Waals surface area contributed by atoms with Crippen LogP contribution in [0.3, 0.4) is 0 Å². The fourth-order valence-electron chi connectivity index (χ4n) is 3.98. The second kappa shape index (κ2) is 6.55. The van der Waals surface area contributed by atoms with Crippen molar-refractivity contribution >= 4 is 0 Å². The molecule has 2 saturated heterocycles. The van der Waals surface area contributed by atoms with Crippen molar-refractivity contribution in [2.45, 2.75) is 57.5 Å². The van der Waals surface area contributed by atoms with E-state index in [1.165, 1.54) is 71.2 Å². The Labute approximate surface area is 118 Å². The van der Waals surface area contributed by atoms with Crippen LogP contribution in [0.1, 0.15) is 45.4 Å². The maximum atomic E-state index is 3.71. The van der Waals surface area contributed by atoms with Gasteiger partial charge in [-0.25, -0.2) is 0 Å². The molecule has 0 spiro atoms. The van der Waals surface area contributed by atoms with Crippen molar-refractivity contribution in [1.82, 2.24) is 15.1 Å². The average Bonchev–Trinajstić information content (AvgIpc) is 3.19. The molecule has 1 N–H and O–H groups in total. The SMILES string of the molecule is CCNC(CN1CCC(N2CCCCC2)C1)C1CC1. The maximum Gasteiger partial charge on any atom is 0.0235 e. The molecule has 3 fully saturated rings. The molecule has 19 heavy (non-hydrogen) atoms. The molecule has 2 unspecified atom stereocenters. The molecule has 2 atom stereocenters. The van der Waals surface area contributed by atoms with Gasteiger partial charge in [-0.2, -0.15) is 0 Å². The number of hydrogen-bond donors (Lipinski definition) is 1. The Morgan fingerprint density at radius 1 is 1.05 bits per heavy atom. The molecule has 2 aliphatic heterocycles. The highest BCUT2D eigenvalue weighted by Crippen LogP contribution is 2.33. The lowest BCUT2D eigenvalue weighted by atomic mass is 10.1. The summed E-state index contributed by atoms with van der Waals surface area (Å²) in [4.78, 5) is 5.49. The van der Waals surface area contributed by atoms with Gasteiger partial charge in [-0.1, -0.05) is 13.3 Å². The number of piperidine rings is 1. The van der Waals surface area contributed by atoms with Crippen molar-refractivity contribution in [3.8, 4) is 0 Å². The van der Waals surface area contributed by atoms with Crippen LogP contribution in [0.5, 0.6) is 0 Å². The van der Waals surface area contributed by atoms with Gasteiger partial charge < -0.3 is 10.2 Å². The summed E-state index contributed by atoms with van der Waals surface area (Å²) >= 11 is 0. The van der Waals surface area contributed by atoms with Gasteiger partial charge in [0.2, 0.25) is 0 Å². The first kappa shape index (κ1) is 13.8. The third-order valence-electron chi connectivity index (χ3n) is 5.27. The summed E-state index contributed by atoms with van der Waals surface area (Å²) in [5, 5.41) is 3.71. The minimum atomic E-state index is 0.769. The van der Waals surface area contributed by atoms with Crippen LogP contribution in [0.15, 0.2) is 0 Å². The fourth-order valence-corrected chi connectivity index (χ4v) is 3.98. The van der Waals surface area contributed by atoms with Gasteiger partial charge >= 0.3 is 0 Å². The molecule has 110 valence electrons. The first-order chi connectivity index (χ1) is 9.36. The van der Waals surface area contributed by atoms with Crippen LogP contribution in [0.25, 0.3) is 0 Å². The van der Waals surface area contributed by atoms with Gasteiger partial charge in [0, 0.05) is 25.2 Å². The lowest BCUT2D eigenvalue weighted by Gasteiger charge is -2.32. The molecule has 2 heterocycles. The van der Waals surface area contributed by atoms with Crippen molar-refractivity contribution in [2.75, 3.05) is 39.3 Å². The second-order valence-corrected chi connectivity index (χ2v) is 6.80. The van der Waals surface area contributed by atoms with Crippen molar-refractivity contribution in [2.24, 2.45) is 5.92 Å². The smallest absolute Gasteiger partial charge is 0.0235 e. The molecule has 3 nitrogen and oxygen atoms in total. The van der Waals surface area contributed by atoms with E-state index in [-0.39, 0.29) is 0 Å². The molecular formula is C16H31N3. The Bertz CT molecular complexity index is 271. The van der Waals surface area contributed by atoms with Crippen molar-refractivity contribution in [3.05, 3.63) is 0 Å². The van der Waals surface area contributed by atoms with E-state index in [2.05, 4.69) is 22.0 Å². The molecule has 1 saturated carbocycles. The topological polar surface area (TPSA) is 18.5 Å². The average molecular weight is 265 g/mol. The summed E-state index contributed by atoms with van der Waals surface area (Å²) < 4.78 is 0. The minimum absolute atomic E-state index is 0.769. The molecular weight excluding hydrogens is 234 g/mol. The summed E-state index contributed by atoms with van der Waals surface area (Å²) in [5.41, 5.74) is 0. The van der Waals surface area contributed by atoms with Crippen LogP contribution < -0.4 is 5.32 Å². The highest BCUT2D eigenvalue weighted by Gasteiger charge is 2.34. The predicted molar refractivity (Wildman–Crippen MR) is 80.5 cm³/mol. The van der Waals surface area contributed by atoms with Gasteiger partial charge in [-0.15, -0.1) is 0 Å². The van der Waals surface area contributed by atoms with Gasteiger partial charge in [0.15, 0.2) is 0 Å². The second-order valence-electron chi connectivity index (χ2n) is 6.80. The van der Waals surface area contributed by atoms with Crippen molar-refractivity contribution in [3.63, 3.8) is 0 Å². The van der Waals surface area contributed by atoms with Crippen LogP contribution in [-0.2, 0) is 0 Å². The first-order valence-electron chi connectivity index (χ1n) is 8.56. The number of likely N-dealkylation sites (tertiary alicyclic amines) is 2. The van der Waals surface area contributed by atoms with E-state index in [0.29, 0.717) is 0 Å². The third kappa shape index (κ3) is 3.71. The summed E-state index contributed by atoms with van der Waals surface area (Å²) in [7, 11) is 0. The normalized spacial score (nSPS) is 31.7. The number of rotatable bonds is 6. The van der Waals surface area contributed by atoms with E-state index in [0.717, 1.165) is 24.5 Å². The zero-order valence-corrected chi connectivity index (χ0v) is 12.6. The van der Waals surface area contributed by atoms with Crippen molar-refractivity contribution < 1.29 is 0 Å². The van der Waals surface area contributed by atoms with Gasteiger partial charge in [0.25, 0.3) is 0 Å². The molecule has 0 amide bonds. The first-order valence-corrected chi connectivity index (χ1v) is 8.56. The number of nitrogens with zero attached hydrogens (tertiary/aromatic N) is 2. The molecule has 3 aliphatic rings. The Balaban J connectivity index is 1.45. The Morgan fingerprint density at radius 3 is 2.53 bits per heavy atom. The van der Waals surface area contributed by atoms with E-state index in [1.807, 2.05) is 0 Å². The van der Waals surface area contributed by atoms with E-state index in [1.54, 1.807) is 0 Å². The van der Waals surface area contributed by atoms with Crippen LogP contribution in [0.4, 0.5) is 0 Å². The lowest BCUT2D eigenvalue weighted by molar-refractivity contribution is 0.159. The largest absolute Gasteiger partial charge is 0.313 e. The third-order valence-corrected chi connectivity index (χ3v) is 5.27. The predicted octanol–water partition coefficient (Wildman–Crippen LogP) is 1.93. The quantitative estimate of drug-likeness (QED) is 0.792. The number of hydrogen-bond acceptors (Lipinski definition) is 3.